The van der Waals surface area contributed by atoms with Crippen LogP contribution in [0.5, 0.6) is 0 Å². The van der Waals surface area contributed by atoms with Crippen LogP contribution in [-0.4, -0.2) is 0 Å². The van der Waals surface area contributed by atoms with Gasteiger partial charge in [0.05, 0.1) is 6.07 Å². The van der Waals surface area contributed by atoms with Crippen molar-refractivity contribution in [3.63, 3.8) is 0 Å². The van der Waals surface area contributed by atoms with Crippen LogP contribution in [0.2, 0.25) is 0 Å². The predicted octanol–water partition coefficient (Wildman–Crippen LogP) is 3.85. The van der Waals surface area contributed by atoms with Crippen LogP contribution in [0.3, 0.4) is 0 Å². The molecule has 0 saturated heterocycles. The number of rotatable bonds is 3. The second-order valence-corrected chi connectivity index (χ2v) is 4.06. The lowest BCUT2D eigenvalue weighted by atomic mass is 9.93. The summed E-state index contributed by atoms with van der Waals surface area (Å²) >= 11 is 0. The first kappa shape index (κ1) is 11.7. The monoisotopic (exact) mass is 205 g/mol. The SMILES string of the molecule is Cc1cc(F)c(C(C)CCC#N)cc1C. The molecule has 1 nitrogen and oxygen atoms in total. The molecule has 0 N–H and O–H groups in total. The number of hydrogen-bond donors (Lipinski definition) is 0. The van der Waals surface area contributed by atoms with Gasteiger partial charge in [-0.05, 0) is 48.9 Å². The number of nitrogens with zero attached hydrogens (tertiary/aromatic N) is 1. The van der Waals surface area contributed by atoms with Crippen molar-refractivity contribution in [2.75, 3.05) is 0 Å². The predicted molar refractivity (Wildman–Crippen MR) is 59.1 cm³/mol. The fraction of sp³-hybridized carbons (Fsp3) is 0.462. The summed E-state index contributed by atoms with van der Waals surface area (Å²) in [5, 5.41) is 8.49. The van der Waals surface area contributed by atoms with Crippen LogP contribution < -0.4 is 0 Å². The van der Waals surface area contributed by atoms with Crippen LogP contribution in [0.15, 0.2) is 12.1 Å². The maximum absolute atomic E-state index is 13.6. The highest BCUT2D eigenvalue weighted by Gasteiger charge is 2.11. The molecule has 0 amide bonds. The van der Waals surface area contributed by atoms with Gasteiger partial charge in [0, 0.05) is 6.42 Å². The topological polar surface area (TPSA) is 23.8 Å². The molecular weight excluding hydrogens is 189 g/mol. The number of halogens is 1. The first-order valence-corrected chi connectivity index (χ1v) is 5.20. The smallest absolute Gasteiger partial charge is 0.126 e. The summed E-state index contributed by atoms with van der Waals surface area (Å²) in [4.78, 5) is 0. The summed E-state index contributed by atoms with van der Waals surface area (Å²) in [6.45, 7) is 5.85. The molecule has 1 aromatic rings. The molecule has 0 aliphatic rings. The van der Waals surface area contributed by atoms with Crippen LogP contribution in [0, 0.1) is 31.0 Å². The van der Waals surface area contributed by atoms with E-state index in [0.29, 0.717) is 6.42 Å². The number of benzene rings is 1. The third kappa shape index (κ3) is 2.79. The fourth-order valence-corrected chi connectivity index (χ4v) is 1.62. The van der Waals surface area contributed by atoms with Gasteiger partial charge in [-0.3, -0.25) is 0 Å². The number of aryl methyl sites for hydroxylation is 2. The van der Waals surface area contributed by atoms with Crippen molar-refractivity contribution < 1.29 is 4.39 Å². The molecule has 0 saturated carbocycles. The van der Waals surface area contributed by atoms with E-state index < -0.39 is 0 Å². The molecule has 2 heteroatoms. The lowest BCUT2D eigenvalue weighted by Gasteiger charge is -2.13. The van der Waals surface area contributed by atoms with Gasteiger partial charge >= 0.3 is 0 Å². The number of nitriles is 1. The fourth-order valence-electron chi connectivity index (χ4n) is 1.62. The maximum atomic E-state index is 13.6. The first-order chi connectivity index (χ1) is 7.06. The van der Waals surface area contributed by atoms with Crippen molar-refractivity contribution in [1.82, 2.24) is 0 Å². The van der Waals surface area contributed by atoms with Crippen LogP contribution >= 0.6 is 0 Å². The molecule has 0 aliphatic carbocycles. The molecule has 15 heavy (non-hydrogen) atoms. The zero-order valence-electron chi connectivity index (χ0n) is 9.47. The van der Waals surface area contributed by atoms with Crippen LogP contribution in [0.4, 0.5) is 4.39 Å². The quantitative estimate of drug-likeness (QED) is 0.735. The van der Waals surface area contributed by atoms with Gasteiger partial charge in [-0.25, -0.2) is 4.39 Å². The highest BCUT2D eigenvalue weighted by molar-refractivity contribution is 5.33. The molecule has 80 valence electrons. The minimum absolute atomic E-state index is 0.115. The van der Waals surface area contributed by atoms with Crippen molar-refractivity contribution in [3.8, 4) is 6.07 Å². The molecule has 0 aliphatic heterocycles. The normalized spacial score (nSPS) is 12.2. The Kier molecular flexibility index (Phi) is 3.85. The van der Waals surface area contributed by atoms with Gasteiger partial charge < -0.3 is 0 Å². The molecule has 0 radical (unpaired) electrons. The summed E-state index contributed by atoms with van der Waals surface area (Å²) in [6, 6.07) is 5.56. The van der Waals surface area contributed by atoms with E-state index in [2.05, 4.69) is 6.07 Å². The molecule has 1 atom stereocenters. The molecule has 0 aromatic heterocycles. The van der Waals surface area contributed by atoms with E-state index in [1.54, 1.807) is 6.07 Å². The van der Waals surface area contributed by atoms with Gasteiger partial charge in [-0.1, -0.05) is 13.0 Å². The van der Waals surface area contributed by atoms with E-state index in [4.69, 9.17) is 5.26 Å². The highest BCUT2D eigenvalue weighted by atomic mass is 19.1. The van der Waals surface area contributed by atoms with Crippen LogP contribution in [0.1, 0.15) is 42.4 Å². The van der Waals surface area contributed by atoms with Crippen molar-refractivity contribution >= 4 is 0 Å². The molecule has 0 heterocycles. The minimum Gasteiger partial charge on any atom is -0.207 e. The Morgan fingerprint density at radius 3 is 2.53 bits per heavy atom. The van der Waals surface area contributed by atoms with Gasteiger partial charge in [0.2, 0.25) is 0 Å². The Bertz CT molecular complexity index is 390. The molecular formula is C13H16FN. The zero-order valence-corrected chi connectivity index (χ0v) is 9.47. The third-order valence-electron chi connectivity index (χ3n) is 2.83. The molecule has 1 aromatic carbocycles. The Hall–Kier alpha value is -1.36. The van der Waals surface area contributed by atoms with Crippen molar-refractivity contribution in [3.05, 3.63) is 34.6 Å². The van der Waals surface area contributed by atoms with Crippen molar-refractivity contribution in [1.29, 1.82) is 5.26 Å². The lowest BCUT2D eigenvalue weighted by molar-refractivity contribution is 0.575. The zero-order chi connectivity index (χ0) is 11.4. The van der Waals surface area contributed by atoms with E-state index in [-0.39, 0.29) is 11.7 Å². The summed E-state index contributed by atoms with van der Waals surface area (Å²) < 4.78 is 13.6. The standard InChI is InChI=1S/C13H16FN/c1-9(5-4-6-15)12-7-10(2)11(3)8-13(12)14/h7-9H,4-5H2,1-3H3. The summed E-state index contributed by atoms with van der Waals surface area (Å²) in [5.41, 5.74) is 2.81. The van der Waals surface area contributed by atoms with Crippen molar-refractivity contribution in [2.24, 2.45) is 0 Å². The van der Waals surface area contributed by atoms with Crippen molar-refractivity contribution in [2.45, 2.75) is 39.5 Å². The van der Waals surface area contributed by atoms with Gasteiger partial charge in [0.1, 0.15) is 5.82 Å². The molecule has 0 fully saturated rings. The Morgan fingerprint density at radius 2 is 1.93 bits per heavy atom. The summed E-state index contributed by atoms with van der Waals surface area (Å²) in [5.74, 6) is -0.0347. The second-order valence-electron chi connectivity index (χ2n) is 4.06. The molecule has 0 spiro atoms. The highest BCUT2D eigenvalue weighted by Crippen LogP contribution is 2.25. The van der Waals surface area contributed by atoms with E-state index in [1.165, 1.54) is 0 Å². The Labute approximate surface area is 90.5 Å². The van der Waals surface area contributed by atoms with Crippen LogP contribution in [-0.2, 0) is 0 Å². The minimum atomic E-state index is -0.150. The average molecular weight is 205 g/mol. The van der Waals surface area contributed by atoms with E-state index in [9.17, 15) is 4.39 Å². The third-order valence-corrected chi connectivity index (χ3v) is 2.83. The van der Waals surface area contributed by atoms with Gasteiger partial charge in [-0.2, -0.15) is 5.26 Å². The van der Waals surface area contributed by atoms with E-state index in [1.807, 2.05) is 26.8 Å². The van der Waals surface area contributed by atoms with Gasteiger partial charge in [0.25, 0.3) is 0 Å². The number of hydrogen-bond acceptors (Lipinski definition) is 1. The Morgan fingerprint density at radius 1 is 1.33 bits per heavy atom. The average Bonchev–Trinajstić information content (AvgIpc) is 2.20. The van der Waals surface area contributed by atoms with E-state index >= 15 is 0 Å². The van der Waals surface area contributed by atoms with Crippen LogP contribution in [0.25, 0.3) is 0 Å². The largest absolute Gasteiger partial charge is 0.207 e. The maximum Gasteiger partial charge on any atom is 0.126 e. The second kappa shape index (κ2) is 4.93. The van der Waals surface area contributed by atoms with Gasteiger partial charge in [0.15, 0.2) is 0 Å². The van der Waals surface area contributed by atoms with E-state index in [0.717, 1.165) is 23.1 Å². The first-order valence-electron chi connectivity index (χ1n) is 5.20. The molecule has 0 bridgehead atoms. The molecule has 1 unspecified atom stereocenters. The Balaban J connectivity index is 2.94. The summed E-state index contributed by atoms with van der Waals surface area (Å²) in [6.07, 6.45) is 1.20. The summed E-state index contributed by atoms with van der Waals surface area (Å²) in [7, 11) is 0. The molecule has 1 rings (SSSR count). The lowest BCUT2D eigenvalue weighted by Crippen LogP contribution is -1.99. The van der Waals surface area contributed by atoms with Gasteiger partial charge in [-0.15, -0.1) is 0 Å².